The molecule has 0 N–H and O–H groups in total. The number of rotatable bonds is 4. The van der Waals surface area contributed by atoms with Gasteiger partial charge in [0.05, 0.1) is 0 Å². The van der Waals surface area contributed by atoms with Crippen LogP contribution in [-0.4, -0.2) is 9.13 Å². The molecule has 0 aliphatic heterocycles. The van der Waals surface area contributed by atoms with Gasteiger partial charge in [-0.25, -0.2) is 0 Å². The fourth-order valence-corrected chi connectivity index (χ4v) is 2.38. The Balaban J connectivity index is 1.70. The SMILES string of the molecule is Cn1cccc1/C=C/c1ccc(/C=C/c2cccn2C)cc1. The van der Waals surface area contributed by atoms with Crippen molar-refractivity contribution in [3.8, 4) is 0 Å². The van der Waals surface area contributed by atoms with E-state index in [1.807, 2.05) is 0 Å². The molecule has 0 unspecified atom stereocenters. The Morgan fingerprint density at radius 2 is 1.00 bits per heavy atom. The van der Waals surface area contributed by atoms with Gasteiger partial charge in [0.2, 0.25) is 0 Å². The highest BCUT2D eigenvalue weighted by Crippen LogP contribution is 2.12. The summed E-state index contributed by atoms with van der Waals surface area (Å²) in [6.45, 7) is 0. The van der Waals surface area contributed by atoms with Crippen molar-refractivity contribution in [2.75, 3.05) is 0 Å². The Morgan fingerprint density at radius 3 is 1.32 bits per heavy atom. The van der Waals surface area contributed by atoms with Crippen molar-refractivity contribution >= 4 is 24.3 Å². The van der Waals surface area contributed by atoms with Gasteiger partial charge in [-0.15, -0.1) is 0 Å². The van der Waals surface area contributed by atoms with Gasteiger partial charge in [-0.2, -0.15) is 0 Å². The average Bonchev–Trinajstić information content (AvgIpc) is 3.12. The Bertz CT molecular complexity index is 729. The van der Waals surface area contributed by atoms with Crippen LogP contribution >= 0.6 is 0 Å². The van der Waals surface area contributed by atoms with Gasteiger partial charge in [-0.3, -0.25) is 0 Å². The maximum atomic E-state index is 2.14. The summed E-state index contributed by atoms with van der Waals surface area (Å²) in [6.07, 6.45) is 12.7. The second kappa shape index (κ2) is 6.35. The standard InChI is InChI=1S/C20H20N2/c1-21-15-3-5-19(21)13-11-17-7-9-18(10-8-17)12-14-20-6-4-16-22(20)2/h3-16H,1-2H3/b13-11+,14-12+. The first-order chi connectivity index (χ1) is 10.7. The van der Waals surface area contributed by atoms with E-state index in [0.717, 1.165) is 0 Å². The third-order valence-electron chi connectivity index (χ3n) is 3.80. The molecule has 0 saturated carbocycles. The predicted octanol–water partition coefficient (Wildman–Crippen LogP) is 4.70. The molecule has 3 aromatic rings. The predicted molar refractivity (Wildman–Crippen MR) is 95.1 cm³/mol. The molecule has 22 heavy (non-hydrogen) atoms. The first kappa shape index (κ1) is 14.2. The summed E-state index contributed by atoms with van der Waals surface area (Å²) in [7, 11) is 4.11. The maximum absolute atomic E-state index is 2.14. The third-order valence-corrected chi connectivity index (χ3v) is 3.80. The molecule has 0 bridgehead atoms. The van der Waals surface area contributed by atoms with E-state index in [1.54, 1.807) is 0 Å². The summed E-state index contributed by atoms with van der Waals surface area (Å²) >= 11 is 0. The zero-order valence-electron chi connectivity index (χ0n) is 13.0. The molecule has 0 amide bonds. The monoisotopic (exact) mass is 288 g/mol. The molecule has 0 saturated heterocycles. The highest BCUT2D eigenvalue weighted by molar-refractivity contribution is 5.71. The minimum Gasteiger partial charge on any atom is -0.351 e. The summed E-state index contributed by atoms with van der Waals surface area (Å²) in [4.78, 5) is 0. The van der Waals surface area contributed by atoms with Crippen LogP contribution in [0.25, 0.3) is 24.3 Å². The first-order valence-corrected chi connectivity index (χ1v) is 7.41. The summed E-state index contributed by atoms with van der Waals surface area (Å²) in [6, 6.07) is 16.9. The molecule has 2 heterocycles. The van der Waals surface area contributed by atoms with Crippen LogP contribution in [0, 0.1) is 0 Å². The van der Waals surface area contributed by atoms with E-state index in [4.69, 9.17) is 0 Å². The Labute approximate surface area is 131 Å². The van der Waals surface area contributed by atoms with Crippen molar-refractivity contribution in [3.63, 3.8) is 0 Å². The Kier molecular flexibility index (Phi) is 4.10. The van der Waals surface area contributed by atoms with E-state index in [1.165, 1.54) is 22.5 Å². The van der Waals surface area contributed by atoms with Gasteiger partial charge in [0.25, 0.3) is 0 Å². The molecule has 3 rings (SSSR count). The topological polar surface area (TPSA) is 9.86 Å². The van der Waals surface area contributed by atoms with Crippen molar-refractivity contribution in [3.05, 3.63) is 83.4 Å². The second-order valence-corrected chi connectivity index (χ2v) is 5.42. The molecule has 0 atom stereocenters. The molecular formula is C20H20N2. The van der Waals surface area contributed by atoms with Gasteiger partial charge >= 0.3 is 0 Å². The van der Waals surface area contributed by atoms with Crippen LogP contribution in [0.4, 0.5) is 0 Å². The number of nitrogens with zero attached hydrogens (tertiary/aromatic N) is 2. The maximum Gasteiger partial charge on any atom is 0.0404 e. The van der Waals surface area contributed by atoms with E-state index in [0.29, 0.717) is 0 Å². The van der Waals surface area contributed by atoms with Crippen LogP contribution in [0.1, 0.15) is 22.5 Å². The molecule has 0 spiro atoms. The largest absolute Gasteiger partial charge is 0.351 e. The lowest BCUT2D eigenvalue weighted by atomic mass is 10.1. The Hall–Kier alpha value is -2.74. The zero-order valence-corrected chi connectivity index (χ0v) is 13.0. The smallest absolute Gasteiger partial charge is 0.0404 e. The summed E-state index contributed by atoms with van der Waals surface area (Å²) < 4.78 is 4.21. The zero-order chi connectivity index (χ0) is 15.4. The number of aromatic nitrogens is 2. The van der Waals surface area contributed by atoms with E-state index >= 15 is 0 Å². The van der Waals surface area contributed by atoms with Crippen LogP contribution in [0.3, 0.4) is 0 Å². The second-order valence-electron chi connectivity index (χ2n) is 5.42. The molecule has 0 aliphatic carbocycles. The molecule has 1 aromatic carbocycles. The van der Waals surface area contributed by atoms with Crippen LogP contribution in [-0.2, 0) is 14.1 Å². The van der Waals surface area contributed by atoms with Crippen molar-refractivity contribution in [2.45, 2.75) is 0 Å². The molecule has 0 radical (unpaired) electrons. The van der Waals surface area contributed by atoms with Crippen LogP contribution in [0.15, 0.2) is 60.9 Å². The molecule has 2 heteroatoms. The van der Waals surface area contributed by atoms with Gasteiger partial charge < -0.3 is 9.13 Å². The first-order valence-electron chi connectivity index (χ1n) is 7.41. The van der Waals surface area contributed by atoms with Crippen molar-refractivity contribution < 1.29 is 0 Å². The number of benzene rings is 1. The minimum absolute atomic E-state index is 1.20. The van der Waals surface area contributed by atoms with Crippen molar-refractivity contribution in [1.29, 1.82) is 0 Å². The lowest BCUT2D eigenvalue weighted by Gasteiger charge is -1.99. The fourth-order valence-electron chi connectivity index (χ4n) is 2.38. The molecule has 2 nitrogen and oxygen atoms in total. The summed E-state index contributed by atoms with van der Waals surface area (Å²) in [5.41, 5.74) is 4.81. The average molecular weight is 288 g/mol. The molecule has 2 aromatic heterocycles. The quantitative estimate of drug-likeness (QED) is 0.658. The van der Waals surface area contributed by atoms with Gasteiger partial charge in [-0.1, -0.05) is 36.4 Å². The van der Waals surface area contributed by atoms with Gasteiger partial charge in [0.15, 0.2) is 0 Å². The lowest BCUT2D eigenvalue weighted by Crippen LogP contribution is -1.87. The van der Waals surface area contributed by atoms with Gasteiger partial charge in [-0.05, 0) is 47.5 Å². The fraction of sp³-hybridized carbons (Fsp3) is 0.100. The summed E-state index contributed by atoms with van der Waals surface area (Å²) in [5, 5.41) is 0. The number of hydrogen-bond donors (Lipinski definition) is 0. The number of aryl methyl sites for hydroxylation is 2. The highest BCUT2D eigenvalue weighted by Gasteiger charge is 1.93. The third kappa shape index (κ3) is 3.29. The van der Waals surface area contributed by atoms with Gasteiger partial charge in [0, 0.05) is 37.9 Å². The van der Waals surface area contributed by atoms with E-state index < -0.39 is 0 Å². The highest BCUT2D eigenvalue weighted by atomic mass is 14.9. The minimum atomic E-state index is 1.20. The van der Waals surface area contributed by atoms with Crippen LogP contribution in [0.2, 0.25) is 0 Å². The van der Waals surface area contributed by atoms with E-state index in [9.17, 15) is 0 Å². The van der Waals surface area contributed by atoms with E-state index in [2.05, 4.69) is 108 Å². The van der Waals surface area contributed by atoms with Crippen LogP contribution < -0.4 is 0 Å². The number of hydrogen-bond acceptors (Lipinski definition) is 0. The van der Waals surface area contributed by atoms with Crippen molar-refractivity contribution in [1.82, 2.24) is 9.13 Å². The normalized spacial score (nSPS) is 11.7. The molecule has 0 aliphatic rings. The summed E-state index contributed by atoms with van der Waals surface area (Å²) in [5.74, 6) is 0. The lowest BCUT2D eigenvalue weighted by molar-refractivity contribution is 0.915. The molecule has 110 valence electrons. The van der Waals surface area contributed by atoms with Crippen molar-refractivity contribution in [2.24, 2.45) is 14.1 Å². The van der Waals surface area contributed by atoms with Crippen LogP contribution in [0.5, 0.6) is 0 Å². The molecule has 0 fully saturated rings. The van der Waals surface area contributed by atoms with Gasteiger partial charge in [0.1, 0.15) is 0 Å². The van der Waals surface area contributed by atoms with E-state index in [-0.39, 0.29) is 0 Å². The Morgan fingerprint density at radius 1 is 0.591 bits per heavy atom. The molecular weight excluding hydrogens is 268 g/mol.